The molecule has 0 heterocycles. The number of phenolic OH excluding ortho intramolecular Hbond substituents is 2. The van der Waals surface area contributed by atoms with Crippen molar-refractivity contribution in [1.82, 2.24) is 0 Å². The summed E-state index contributed by atoms with van der Waals surface area (Å²) in [5, 5.41) is 19.3. The Balaban J connectivity index is 2.05. The van der Waals surface area contributed by atoms with Crippen molar-refractivity contribution >= 4 is 5.78 Å². The summed E-state index contributed by atoms with van der Waals surface area (Å²) in [4.78, 5) is 12.0. The smallest absolute Gasteiger partial charge is 0.170 e. The molecular weight excluding hydrogens is 300 g/mol. The number of phenols is 2. The molecule has 0 spiro atoms. The van der Waals surface area contributed by atoms with Crippen molar-refractivity contribution in [2.45, 2.75) is 77.6 Å². The molecule has 0 fully saturated rings. The van der Waals surface area contributed by atoms with Gasteiger partial charge in [0, 0.05) is 6.42 Å². The number of unbranched alkanes of at least 4 members (excludes halogenated alkanes) is 8. The fourth-order valence-corrected chi connectivity index (χ4v) is 2.76. The third kappa shape index (κ3) is 8.19. The first kappa shape index (κ1) is 20.3. The number of hydrogen-bond acceptors (Lipinski definition) is 3. The maximum absolute atomic E-state index is 12.0. The Morgan fingerprint density at radius 3 is 2.04 bits per heavy atom. The van der Waals surface area contributed by atoms with Crippen molar-refractivity contribution in [3.63, 3.8) is 0 Å². The molecule has 1 aromatic rings. The van der Waals surface area contributed by atoms with E-state index in [0.29, 0.717) is 6.42 Å². The molecule has 0 saturated heterocycles. The van der Waals surface area contributed by atoms with Gasteiger partial charge in [-0.15, -0.1) is 0 Å². The van der Waals surface area contributed by atoms with E-state index in [1.54, 1.807) is 0 Å². The van der Waals surface area contributed by atoms with Crippen molar-refractivity contribution in [1.29, 1.82) is 0 Å². The van der Waals surface area contributed by atoms with Crippen LogP contribution in [0.2, 0.25) is 0 Å². The molecule has 134 valence electrons. The SMILES string of the molecule is CCCCC/C=C\CCCCCCCC(=O)c1c(O)cccc1O. The van der Waals surface area contributed by atoms with Crippen molar-refractivity contribution in [3.8, 4) is 11.5 Å². The average molecular weight is 332 g/mol. The molecule has 1 aromatic carbocycles. The molecular formula is C21H32O3. The van der Waals surface area contributed by atoms with Gasteiger partial charge in [0.15, 0.2) is 5.78 Å². The quantitative estimate of drug-likeness (QED) is 0.259. The fourth-order valence-electron chi connectivity index (χ4n) is 2.76. The van der Waals surface area contributed by atoms with Gasteiger partial charge in [0.2, 0.25) is 0 Å². The maximum Gasteiger partial charge on any atom is 0.170 e. The van der Waals surface area contributed by atoms with Crippen LogP contribution in [0.4, 0.5) is 0 Å². The Morgan fingerprint density at radius 1 is 0.875 bits per heavy atom. The van der Waals surface area contributed by atoms with Crippen LogP contribution < -0.4 is 0 Å². The first-order valence-electron chi connectivity index (χ1n) is 9.36. The highest BCUT2D eigenvalue weighted by Gasteiger charge is 2.15. The van der Waals surface area contributed by atoms with E-state index < -0.39 is 0 Å². The van der Waals surface area contributed by atoms with Crippen LogP contribution in [0.5, 0.6) is 11.5 Å². The summed E-state index contributed by atoms with van der Waals surface area (Å²) < 4.78 is 0. The van der Waals surface area contributed by atoms with E-state index >= 15 is 0 Å². The second-order valence-corrected chi connectivity index (χ2v) is 6.37. The summed E-state index contributed by atoms with van der Waals surface area (Å²) in [6.07, 6.45) is 16.6. The first-order valence-corrected chi connectivity index (χ1v) is 9.36. The Hall–Kier alpha value is -1.77. The zero-order valence-electron chi connectivity index (χ0n) is 15.0. The Labute approximate surface area is 146 Å². The van der Waals surface area contributed by atoms with Crippen molar-refractivity contribution in [2.75, 3.05) is 0 Å². The predicted octanol–water partition coefficient (Wildman–Crippen LogP) is 6.15. The zero-order valence-corrected chi connectivity index (χ0v) is 15.0. The minimum absolute atomic E-state index is 0.0608. The summed E-state index contributed by atoms with van der Waals surface area (Å²) in [7, 11) is 0. The number of aromatic hydroxyl groups is 2. The van der Waals surface area contributed by atoms with Gasteiger partial charge in [0.25, 0.3) is 0 Å². The van der Waals surface area contributed by atoms with Gasteiger partial charge >= 0.3 is 0 Å². The molecule has 0 unspecified atom stereocenters. The van der Waals surface area contributed by atoms with Gasteiger partial charge in [-0.3, -0.25) is 4.79 Å². The molecule has 2 N–H and O–H groups in total. The largest absolute Gasteiger partial charge is 0.507 e. The summed E-state index contributed by atoms with van der Waals surface area (Å²) >= 11 is 0. The highest BCUT2D eigenvalue weighted by atomic mass is 16.3. The van der Waals surface area contributed by atoms with Crippen LogP contribution in [0.25, 0.3) is 0 Å². The van der Waals surface area contributed by atoms with Crippen LogP contribution >= 0.6 is 0 Å². The number of carbonyl (C=O) groups is 1. The molecule has 0 aliphatic carbocycles. The van der Waals surface area contributed by atoms with Gasteiger partial charge in [-0.25, -0.2) is 0 Å². The summed E-state index contributed by atoms with van der Waals surface area (Å²) in [5.74, 6) is -0.447. The van der Waals surface area contributed by atoms with Gasteiger partial charge in [-0.1, -0.05) is 57.2 Å². The topological polar surface area (TPSA) is 57.5 Å². The molecule has 0 aliphatic rings. The lowest BCUT2D eigenvalue weighted by Gasteiger charge is -2.06. The van der Waals surface area contributed by atoms with Gasteiger partial charge in [0.05, 0.1) is 0 Å². The Kier molecular flexibility index (Phi) is 10.7. The summed E-state index contributed by atoms with van der Waals surface area (Å²) in [6, 6.07) is 4.39. The number of benzene rings is 1. The standard InChI is InChI=1S/C21H32O3/c1-2-3-4-5-6-7-8-9-10-11-12-13-15-18(22)21-19(23)16-14-17-20(21)24/h6-7,14,16-17,23-24H,2-5,8-13,15H2,1H3/b7-6-. The number of rotatable bonds is 13. The molecule has 24 heavy (non-hydrogen) atoms. The van der Waals surface area contributed by atoms with Gasteiger partial charge < -0.3 is 10.2 Å². The molecule has 1 rings (SSSR count). The van der Waals surface area contributed by atoms with Crippen LogP contribution in [0.15, 0.2) is 30.4 Å². The highest BCUT2D eigenvalue weighted by Crippen LogP contribution is 2.28. The third-order valence-corrected chi connectivity index (χ3v) is 4.21. The molecule has 0 radical (unpaired) electrons. The molecule has 0 saturated carbocycles. The third-order valence-electron chi connectivity index (χ3n) is 4.21. The lowest BCUT2D eigenvalue weighted by atomic mass is 10.0. The summed E-state index contributed by atoms with van der Waals surface area (Å²) in [6.45, 7) is 2.22. The van der Waals surface area contributed by atoms with Gasteiger partial charge in [-0.05, 0) is 44.2 Å². The number of ketones is 1. The minimum atomic E-state index is -0.180. The van der Waals surface area contributed by atoms with E-state index in [4.69, 9.17) is 0 Å². The molecule has 0 aliphatic heterocycles. The monoisotopic (exact) mass is 332 g/mol. The minimum Gasteiger partial charge on any atom is -0.507 e. The first-order chi connectivity index (χ1) is 11.7. The van der Waals surface area contributed by atoms with Crippen molar-refractivity contribution in [2.24, 2.45) is 0 Å². The maximum atomic E-state index is 12.0. The Bertz CT molecular complexity index is 486. The second kappa shape index (κ2) is 12.6. The van der Waals surface area contributed by atoms with Crippen LogP contribution in [0.3, 0.4) is 0 Å². The molecule has 0 atom stereocenters. The summed E-state index contributed by atoms with van der Waals surface area (Å²) in [5.41, 5.74) is 0.0608. The average Bonchev–Trinajstić information content (AvgIpc) is 2.55. The normalized spacial score (nSPS) is 11.2. The fraction of sp³-hybridized carbons (Fsp3) is 0.571. The second-order valence-electron chi connectivity index (χ2n) is 6.37. The van der Waals surface area contributed by atoms with E-state index in [2.05, 4.69) is 19.1 Å². The number of carbonyl (C=O) groups excluding carboxylic acids is 1. The van der Waals surface area contributed by atoms with E-state index in [1.165, 1.54) is 56.7 Å². The number of allylic oxidation sites excluding steroid dienone is 2. The van der Waals surface area contributed by atoms with Crippen LogP contribution in [-0.4, -0.2) is 16.0 Å². The van der Waals surface area contributed by atoms with E-state index in [9.17, 15) is 15.0 Å². The lowest BCUT2D eigenvalue weighted by Crippen LogP contribution is -2.00. The number of hydrogen-bond donors (Lipinski definition) is 2. The van der Waals surface area contributed by atoms with Crippen molar-refractivity contribution < 1.29 is 15.0 Å². The van der Waals surface area contributed by atoms with E-state index in [0.717, 1.165) is 25.7 Å². The molecule has 3 heteroatoms. The van der Waals surface area contributed by atoms with Crippen molar-refractivity contribution in [3.05, 3.63) is 35.9 Å². The van der Waals surface area contributed by atoms with Crippen LogP contribution in [-0.2, 0) is 0 Å². The number of Topliss-reactive ketones (excluding diaryl/α,β-unsaturated/α-hetero) is 1. The van der Waals surface area contributed by atoms with Crippen LogP contribution in [0, 0.1) is 0 Å². The highest BCUT2D eigenvalue weighted by molar-refractivity contribution is 6.01. The predicted molar refractivity (Wildman–Crippen MR) is 99.7 cm³/mol. The van der Waals surface area contributed by atoms with Gasteiger partial charge in [-0.2, -0.15) is 0 Å². The molecule has 0 amide bonds. The van der Waals surface area contributed by atoms with Crippen LogP contribution in [0.1, 0.15) is 87.9 Å². The lowest BCUT2D eigenvalue weighted by molar-refractivity contribution is 0.0974. The van der Waals surface area contributed by atoms with E-state index in [-0.39, 0.29) is 22.8 Å². The molecule has 3 nitrogen and oxygen atoms in total. The van der Waals surface area contributed by atoms with E-state index in [1.807, 2.05) is 0 Å². The van der Waals surface area contributed by atoms with Gasteiger partial charge in [0.1, 0.15) is 17.1 Å². The zero-order chi connectivity index (χ0) is 17.6. The Morgan fingerprint density at radius 2 is 1.42 bits per heavy atom. The molecule has 0 bridgehead atoms. The molecule has 0 aromatic heterocycles.